The van der Waals surface area contributed by atoms with Crippen LogP contribution in [0.5, 0.6) is 0 Å². The van der Waals surface area contributed by atoms with Crippen molar-refractivity contribution >= 4 is 5.69 Å². The van der Waals surface area contributed by atoms with Crippen molar-refractivity contribution in [2.24, 2.45) is 12.9 Å². The Kier molecular flexibility index (Phi) is 1.91. The summed E-state index contributed by atoms with van der Waals surface area (Å²) in [4.78, 5) is 11.0. The summed E-state index contributed by atoms with van der Waals surface area (Å²) >= 11 is 0. The van der Waals surface area contributed by atoms with E-state index in [9.17, 15) is 4.79 Å². The third-order valence-corrected chi connectivity index (χ3v) is 1.36. The minimum Gasteiger partial charge on any atom is -0.312 e. The first kappa shape index (κ1) is 7.74. The number of aromatic nitrogens is 2. The Balaban J connectivity index is 3.16. The van der Waals surface area contributed by atoms with E-state index in [4.69, 9.17) is 5.84 Å². The molecule has 2 N–H and O–H groups in total. The standard InChI is InChI=1S/C6H10N4O/c1-9(7)5-3-6(11)10(2)8-4-5/h3-4H,7H2,1-2H3. The molecule has 0 unspecified atom stereocenters. The van der Waals surface area contributed by atoms with Gasteiger partial charge < -0.3 is 5.01 Å². The van der Waals surface area contributed by atoms with Crippen LogP contribution in [0.15, 0.2) is 17.1 Å². The average molecular weight is 154 g/mol. The third-order valence-electron chi connectivity index (χ3n) is 1.36. The fraction of sp³-hybridized carbons (Fsp3) is 0.333. The molecular formula is C6H10N4O. The highest BCUT2D eigenvalue weighted by Gasteiger charge is 1.97. The molecule has 0 atom stereocenters. The zero-order valence-electron chi connectivity index (χ0n) is 6.48. The summed E-state index contributed by atoms with van der Waals surface area (Å²) in [6.45, 7) is 0. The van der Waals surface area contributed by atoms with Crippen molar-refractivity contribution < 1.29 is 0 Å². The van der Waals surface area contributed by atoms with Gasteiger partial charge in [-0.2, -0.15) is 5.10 Å². The molecule has 0 bridgehead atoms. The summed E-state index contributed by atoms with van der Waals surface area (Å²) in [5.74, 6) is 5.38. The van der Waals surface area contributed by atoms with Gasteiger partial charge in [-0.1, -0.05) is 0 Å². The van der Waals surface area contributed by atoms with Gasteiger partial charge in [-0.25, -0.2) is 10.5 Å². The summed E-state index contributed by atoms with van der Waals surface area (Å²) in [5.41, 5.74) is 0.438. The normalized spacial score (nSPS) is 9.73. The number of hydrazine groups is 1. The van der Waals surface area contributed by atoms with E-state index < -0.39 is 0 Å². The lowest BCUT2D eigenvalue weighted by Crippen LogP contribution is -2.28. The molecule has 11 heavy (non-hydrogen) atoms. The molecule has 1 rings (SSSR count). The number of rotatable bonds is 1. The molecule has 60 valence electrons. The molecule has 0 saturated heterocycles. The fourth-order valence-electron chi connectivity index (χ4n) is 0.653. The van der Waals surface area contributed by atoms with Gasteiger partial charge in [0.25, 0.3) is 5.56 Å². The van der Waals surface area contributed by atoms with E-state index in [0.29, 0.717) is 5.69 Å². The van der Waals surface area contributed by atoms with Crippen LogP contribution in [0.4, 0.5) is 5.69 Å². The van der Waals surface area contributed by atoms with Gasteiger partial charge in [0, 0.05) is 20.2 Å². The van der Waals surface area contributed by atoms with E-state index in [0.717, 1.165) is 0 Å². The summed E-state index contributed by atoms with van der Waals surface area (Å²) < 4.78 is 1.24. The van der Waals surface area contributed by atoms with Gasteiger partial charge in [-0.05, 0) is 0 Å². The smallest absolute Gasteiger partial charge is 0.268 e. The van der Waals surface area contributed by atoms with E-state index in [-0.39, 0.29) is 5.56 Å². The second-order valence-electron chi connectivity index (χ2n) is 2.29. The molecular weight excluding hydrogens is 144 g/mol. The molecule has 1 aromatic heterocycles. The lowest BCUT2D eigenvalue weighted by molar-refractivity contribution is 0.704. The van der Waals surface area contributed by atoms with Crippen LogP contribution in [0.25, 0.3) is 0 Å². The summed E-state index contributed by atoms with van der Waals surface area (Å²) in [5, 5.41) is 5.12. The Bertz CT molecular complexity index is 304. The highest BCUT2D eigenvalue weighted by Crippen LogP contribution is 2.00. The van der Waals surface area contributed by atoms with Gasteiger partial charge in [0.15, 0.2) is 0 Å². The average Bonchev–Trinajstić information content (AvgIpc) is 1.94. The first-order valence-electron chi connectivity index (χ1n) is 3.13. The minimum absolute atomic E-state index is 0.167. The van der Waals surface area contributed by atoms with Crippen LogP contribution in [0.3, 0.4) is 0 Å². The number of nitrogens with two attached hydrogens (primary N) is 1. The van der Waals surface area contributed by atoms with Gasteiger partial charge in [0.2, 0.25) is 0 Å². The van der Waals surface area contributed by atoms with Crippen molar-refractivity contribution in [3.8, 4) is 0 Å². The van der Waals surface area contributed by atoms with E-state index in [1.54, 1.807) is 14.1 Å². The first-order valence-corrected chi connectivity index (χ1v) is 3.13. The van der Waals surface area contributed by atoms with E-state index in [1.807, 2.05) is 0 Å². The topological polar surface area (TPSA) is 64.2 Å². The van der Waals surface area contributed by atoms with E-state index in [2.05, 4.69) is 5.10 Å². The Hall–Kier alpha value is -1.36. The van der Waals surface area contributed by atoms with Gasteiger partial charge in [-0.3, -0.25) is 4.79 Å². The maximum absolute atomic E-state index is 11.0. The van der Waals surface area contributed by atoms with Crippen LogP contribution < -0.4 is 16.4 Å². The van der Waals surface area contributed by atoms with Crippen molar-refractivity contribution in [1.82, 2.24) is 9.78 Å². The zero-order valence-corrected chi connectivity index (χ0v) is 6.48. The molecule has 1 aromatic rings. The number of anilines is 1. The lowest BCUT2D eigenvalue weighted by Gasteiger charge is -2.10. The van der Waals surface area contributed by atoms with Crippen LogP contribution in [0.1, 0.15) is 0 Å². The predicted octanol–water partition coefficient (Wildman–Crippen LogP) is -0.910. The highest BCUT2D eigenvalue weighted by atomic mass is 16.1. The van der Waals surface area contributed by atoms with Crippen LogP contribution in [-0.2, 0) is 7.05 Å². The second kappa shape index (κ2) is 2.71. The molecule has 0 amide bonds. The number of hydrogen-bond acceptors (Lipinski definition) is 4. The Morgan fingerprint density at radius 1 is 1.73 bits per heavy atom. The van der Waals surface area contributed by atoms with Crippen molar-refractivity contribution in [3.63, 3.8) is 0 Å². The number of hydrogen-bond donors (Lipinski definition) is 1. The van der Waals surface area contributed by atoms with Crippen molar-refractivity contribution in [1.29, 1.82) is 0 Å². The molecule has 0 aliphatic heterocycles. The van der Waals surface area contributed by atoms with Crippen molar-refractivity contribution in [2.75, 3.05) is 12.1 Å². The molecule has 0 aliphatic carbocycles. The summed E-state index contributed by atoms with van der Waals surface area (Å²) in [6.07, 6.45) is 1.53. The molecule has 0 aromatic carbocycles. The van der Waals surface area contributed by atoms with Gasteiger partial charge >= 0.3 is 0 Å². The van der Waals surface area contributed by atoms with Gasteiger partial charge in [0.05, 0.1) is 11.9 Å². The number of nitrogens with zero attached hydrogens (tertiary/aromatic N) is 3. The van der Waals surface area contributed by atoms with E-state index in [1.165, 1.54) is 22.0 Å². The Morgan fingerprint density at radius 3 is 2.82 bits per heavy atom. The quantitative estimate of drug-likeness (QED) is 0.420. The van der Waals surface area contributed by atoms with Crippen LogP contribution >= 0.6 is 0 Å². The first-order chi connectivity index (χ1) is 5.11. The SMILES string of the molecule is CN(N)c1cnn(C)c(=O)c1. The summed E-state index contributed by atoms with van der Waals surface area (Å²) in [6, 6.07) is 1.42. The van der Waals surface area contributed by atoms with Gasteiger partial charge in [0.1, 0.15) is 0 Å². The molecule has 0 aliphatic rings. The molecule has 5 nitrogen and oxygen atoms in total. The minimum atomic E-state index is -0.167. The molecule has 0 saturated carbocycles. The molecule has 0 fully saturated rings. The molecule has 0 spiro atoms. The third kappa shape index (κ3) is 1.56. The maximum Gasteiger partial charge on any atom is 0.268 e. The highest BCUT2D eigenvalue weighted by molar-refractivity contribution is 5.39. The molecule has 0 radical (unpaired) electrons. The van der Waals surface area contributed by atoms with Crippen LogP contribution in [-0.4, -0.2) is 16.8 Å². The van der Waals surface area contributed by atoms with Crippen molar-refractivity contribution in [3.05, 3.63) is 22.6 Å². The maximum atomic E-state index is 11.0. The van der Waals surface area contributed by atoms with Gasteiger partial charge in [-0.15, -0.1) is 0 Å². The predicted molar refractivity (Wildman–Crippen MR) is 42.1 cm³/mol. The lowest BCUT2D eigenvalue weighted by atomic mass is 10.5. The van der Waals surface area contributed by atoms with Crippen LogP contribution in [0.2, 0.25) is 0 Å². The largest absolute Gasteiger partial charge is 0.312 e. The summed E-state index contributed by atoms with van der Waals surface area (Å²) in [7, 11) is 3.24. The fourth-order valence-corrected chi connectivity index (χ4v) is 0.653. The van der Waals surface area contributed by atoms with Crippen LogP contribution in [0, 0.1) is 0 Å². The Morgan fingerprint density at radius 2 is 2.36 bits per heavy atom. The monoisotopic (exact) mass is 154 g/mol. The molecule has 5 heteroatoms. The van der Waals surface area contributed by atoms with Crippen molar-refractivity contribution in [2.45, 2.75) is 0 Å². The second-order valence-corrected chi connectivity index (χ2v) is 2.29. The molecule has 1 heterocycles. The Labute approximate surface area is 64.0 Å². The van der Waals surface area contributed by atoms with E-state index >= 15 is 0 Å². The number of aryl methyl sites for hydroxylation is 1. The zero-order chi connectivity index (χ0) is 8.43.